The zero-order valence-electron chi connectivity index (χ0n) is 16.1. The van der Waals surface area contributed by atoms with Crippen LogP contribution >= 0.6 is 11.3 Å². The summed E-state index contributed by atoms with van der Waals surface area (Å²) in [5, 5.41) is 10.3. The monoisotopic (exact) mass is 430 g/mol. The Bertz CT molecular complexity index is 1050. The summed E-state index contributed by atoms with van der Waals surface area (Å²) in [6.07, 6.45) is 0.639. The molecule has 3 aromatic rings. The number of anilines is 1. The Morgan fingerprint density at radius 2 is 1.62 bits per heavy atom. The summed E-state index contributed by atoms with van der Waals surface area (Å²) >= 11 is 0.814. The molecule has 0 aliphatic carbocycles. The first kappa shape index (κ1) is 21.1. The van der Waals surface area contributed by atoms with Crippen LogP contribution in [-0.4, -0.2) is 24.5 Å². The van der Waals surface area contributed by atoms with Crippen LogP contribution in [0.25, 0.3) is 0 Å². The minimum absolute atomic E-state index is 0.124. The van der Waals surface area contributed by atoms with Gasteiger partial charge in [-0.1, -0.05) is 73.7 Å². The Labute approximate surface area is 174 Å². The Morgan fingerprint density at radius 3 is 2.24 bits per heavy atom. The van der Waals surface area contributed by atoms with Crippen LogP contribution in [0.5, 0.6) is 0 Å². The number of hydrogen-bond donors (Lipinski definition) is 2. The van der Waals surface area contributed by atoms with Crippen molar-refractivity contribution in [2.24, 2.45) is 5.92 Å². The molecule has 1 heterocycles. The molecule has 2 aromatic carbocycles. The van der Waals surface area contributed by atoms with Crippen molar-refractivity contribution < 1.29 is 13.2 Å². The molecule has 0 saturated heterocycles. The summed E-state index contributed by atoms with van der Waals surface area (Å²) in [4.78, 5) is 12.2. The molecule has 29 heavy (non-hydrogen) atoms. The summed E-state index contributed by atoms with van der Waals surface area (Å²) in [6, 6.07) is 17.6. The van der Waals surface area contributed by atoms with E-state index in [1.807, 2.05) is 44.2 Å². The highest BCUT2D eigenvalue weighted by atomic mass is 32.2. The maximum absolute atomic E-state index is 12.9. The number of nitrogens with zero attached hydrogens (tertiary/aromatic N) is 2. The van der Waals surface area contributed by atoms with Crippen molar-refractivity contribution in [3.05, 3.63) is 71.8 Å². The molecule has 0 radical (unpaired) electrons. The average molecular weight is 431 g/mol. The van der Waals surface area contributed by atoms with Crippen molar-refractivity contribution in [3.8, 4) is 0 Å². The Hall–Kier alpha value is -2.62. The van der Waals surface area contributed by atoms with Crippen LogP contribution in [0.2, 0.25) is 0 Å². The van der Waals surface area contributed by atoms with Crippen LogP contribution < -0.4 is 10.0 Å². The number of nitrogens with one attached hydrogen (secondary N) is 2. The van der Waals surface area contributed by atoms with Gasteiger partial charge in [-0.2, -0.15) is 0 Å². The van der Waals surface area contributed by atoms with Crippen LogP contribution in [0.1, 0.15) is 42.2 Å². The molecule has 3 rings (SSSR count). The van der Waals surface area contributed by atoms with Gasteiger partial charge in [-0.25, -0.2) is 13.1 Å². The van der Waals surface area contributed by atoms with Gasteiger partial charge < -0.3 is 0 Å². The molecule has 7 nitrogen and oxygen atoms in total. The lowest BCUT2D eigenvalue weighted by Gasteiger charge is -2.20. The van der Waals surface area contributed by atoms with Crippen molar-refractivity contribution in [3.63, 3.8) is 0 Å². The van der Waals surface area contributed by atoms with Crippen LogP contribution in [0.15, 0.2) is 65.0 Å². The molecular formula is C20H22N4O3S2. The predicted molar refractivity (Wildman–Crippen MR) is 113 cm³/mol. The minimum Gasteiger partial charge on any atom is -0.296 e. The summed E-state index contributed by atoms with van der Waals surface area (Å²) in [6.45, 7) is 4.07. The van der Waals surface area contributed by atoms with Gasteiger partial charge in [0.2, 0.25) is 9.47 Å². The smallest absolute Gasteiger partial charge is 0.270 e. The standard InChI is InChI=1S/C20H22N4O3S2/c1-14(2)13-17(15-9-5-3-6-10-15)24-29(26,27)20-23-22-19(28-20)21-18(25)16-11-7-4-8-12-16/h3-12,14,17,24H,13H2,1-2H3,(H,21,22,25)/t17-/m1/s1. The first-order valence-electron chi connectivity index (χ1n) is 9.12. The second-order valence-corrected chi connectivity index (χ2v) is 9.77. The van der Waals surface area contributed by atoms with E-state index in [1.165, 1.54) is 0 Å². The molecule has 0 saturated carbocycles. The van der Waals surface area contributed by atoms with Crippen molar-refractivity contribution >= 4 is 32.4 Å². The van der Waals surface area contributed by atoms with E-state index in [0.29, 0.717) is 12.0 Å². The molecule has 0 fully saturated rings. The van der Waals surface area contributed by atoms with Crippen LogP contribution in [0.3, 0.4) is 0 Å². The number of benzene rings is 2. The SMILES string of the molecule is CC(C)C[C@@H](NS(=O)(=O)c1nnc(NC(=O)c2ccccc2)s1)c1ccccc1. The summed E-state index contributed by atoms with van der Waals surface area (Å²) < 4.78 is 28.2. The molecule has 0 aliphatic rings. The van der Waals surface area contributed by atoms with Crippen LogP contribution in [0, 0.1) is 5.92 Å². The molecule has 0 bridgehead atoms. The van der Waals surface area contributed by atoms with Gasteiger partial charge in [0, 0.05) is 11.6 Å². The number of amides is 1. The zero-order valence-corrected chi connectivity index (χ0v) is 17.7. The van der Waals surface area contributed by atoms with Crippen LogP contribution in [-0.2, 0) is 10.0 Å². The van der Waals surface area contributed by atoms with E-state index >= 15 is 0 Å². The third-order valence-electron chi connectivity index (χ3n) is 4.10. The number of carbonyl (C=O) groups excluding carboxylic acids is 1. The van der Waals surface area contributed by atoms with Gasteiger partial charge >= 0.3 is 0 Å². The largest absolute Gasteiger partial charge is 0.296 e. The Kier molecular flexibility index (Phi) is 6.73. The molecular weight excluding hydrogens is 408 g/mol. The second kappa shape index (κ2) is 9.25. The van der Waals surface area contributed by atoms with Crippen molar-refractivity contribution in [1.82, 2.24) is 14.9 Å². The fourth-order valence-electron chi connectivity index (χ4n) is 2.77. The first-order chi connectivity index (χ1) is 13.8. The van der Waals surface area contributed by atoms with Crippen LogP contribution in [0.4, 0.5) is 5.13 Å². The van der Waals surface area contributed by atoms with E-state index < -0.39 is 10.0 Å². The van der Waals surface area contributed by atoms with Crippen molar-refractivity contribution in [2.75, 3.05) is 5.32 Å². The minimum atomic E-state index is -3.89. The van der Waals surface area contributed by atoms with Gasteiger partial charge in [-0.15, -0.1) is 10.2 Å². The molecule has 0 aliphatic heterocycles. The van der Waals surface area contributed by atoms with Gasteiger partial charge in [0.1, 0.15) is 0 Å². The molecule has 1 amide bonds. The van der Waals surface area contributed by atoms with Crippen molar-refractivity contribution in [2.45, 2.75) is 30.6 Å². The maximum atomic E-state index is 12.9. The Morgan fingerprint density at radius 1 is 1.00 bits per heavy atom. The van der Waals surface area contributed by atoms with E-state index in [1.54, 1.807) is 30.3 Å². The van der Waals surface area contributed by atoms with E-state index in [0.717, 1.165) is 16.9 Å². The number of sulfonamides is 1. The Balaban J connectivity index is 1.76. The zero-order chi connectivity index (χ0) is 20.9. The van der Waals surface area contributed by atoms with Gasteiger partial charge in [-0.3, -0.25) is 10.1 Å². The molecule has 152 valence electrons. The highest BCUT2D eigenvalue weighted by Gasteiger charge is 2.26. The lowest BCUT2D eigenvalue weighted by Crippen LogP contribution is -2.29. The summed E-state index contributed by atoms with van der Waals surface area (Å²) in [7, 11) is -3.89. The topological polar surface area (TPSA) is 101 Å². The van der Waals surface area contributed by atoms with E-state index in [9.17, 15) is 13.2 Å². The van der Waals surface area contributed by atoms with E-state index in [4.69, 9.17) is 0 Å². The summed E-state index contributed by atoms with van der Waals surface area (Å²) in [5.74, 6) is -0.0846. The highest BCUT2D eigenvalue weighted by Crippen LogP contribution is 2.26. The number of carbonyl (C=O) groups is 1. The number of aromatic nitrogens is 2. The lowest BCUT2D eigenvalue weighted by atomic mass is 9.98. The molecule has 1 aromatic heterocycles. The van der Waals surface area contributed by atoms with Gasteiger partial charge in [0.15, 0.2) is 0 Å². The molecule has 1 atom stereocenters. The molecule has 0 spiro atoms. The van der Waals surface area contributed by atoms with E-state index in [2.05, 4.69) is 20.2 Å². The second-order valence-electron chi connectivity index (χ2n) is 6.91. The molecule has 2 N–H and O–H groups in total. The summed E-state index contributed by atoms with van der Waals surface area (Å²) in [5.41, 5.74) is 1.33. The number of rotatable bonds is 8. The normalized spacial score (nSPS) is 12.7. The lowest BCUT2D eigenvalue weighted by molar-refractivity contribution is 0.102. The van der Waals surface area contributed by atoms with E-state index in [-0.39, 0.29) is 27.3 Å². The van der Waals surface area contributed by atoms with Gasteiger partial charge in [0.05, 0.1) is 0 Å². The third-order valence-corrected chi connectivity index (χ3v) is 6.78. The van der Waals surface area contributed by atoms with Crippen molar-refractivity contribution in [1.29, 1.82) is 0 Å². The maximum Gasteiger partial charge on any atom is 0.270 e. The quantitative estimate of drug-likeness (QED) is 0.529. The fraction of sp³-hybridized carbons (Fsp3) is 0.250. The highest BCUT2D eigenvalue weighted by molar-refractivity contribution is 7.91. The fourth-order valence-corrected chi connectivity index (χ4v) is 4.92. The van der Waals surface area contributed by atoms with Gasteiger partial charge in [-0.05, 0) is 30.0 Å². The number of hydrogen-bond acceptors (Lipinski definition) is 6. The third kappa shape index (κ3) is 5.69. The molecule has 9 heteroatoms. The van der Waals surface area contributed by atoms with Gasteiger partial charge in [0.25, 0.3) is 15.9 Å². The predicted octanol–water partition coefficient (Wildman–Crippen LogP) is 3.86. The first-order valence-corrected chi connectivity index (χ1v) is 11.4. The molecule has 0 unspecified atom stereocenters. The average Bonchev–Trinajstić information content (AvgIpc) is 3.18.